The van der Waals surface area contributed by atoms with Gasteiger partial charge in [-0.1, -0.05) is 12.1 Å². The summed E-state index contributed by atoms with van der Waals surface area (Å²) in [6.45, 7) is 0. The van der Waals surface area contributed by atoms with Gasteiger partial charge in [-0.3, -0.25) is 9.55 Å². The van der Waals surface area contributed by atoms with E-state index in [1.165, 1.54) is 0 Å². The van der Waals surface area contributed by atoms with Crippen molar-refractivity contribution < 1.29 is 4.42 Å². The number of fused-ring (bicyclic) bond motifs is 1. The molecule has 20 heavy (non-hydrogen) atoms. The van der Waals surface area contributed by atoms with Crippen LogP contribution in [0.5, 0.6) is 0 Å². The number of imidazole rings is 1. The first-order valence-corrected chi connectivity index (χ1v) is 6.33. The Bertz CT molecular complexity index is 862. The maximum atomic E-state index is 5.58. The summed E-state index contributed by atoms with van der Waals surface area (Å²) < 4.78 is 7.45. The van der Waals surface area contributed by atoms with Gasteiger partial charge in [0.2, 0.25) is 5.88 Å². The third-order valence-electron chi connectivity index (χ3n) is 3.30. The van der Waals surface area contributed by atoms with Gasteiger partial charge in [-0.15, -0.1) is 0 Å². The molecular weight excluding hydrogens is 250 g/mol. The maximum absolute atomic E-state index is 5.58. The van der Waals surface area contributed by atoms with E-state index < -0.39 is 0 Å². The van der Waals surface area contributed by atoms with E-state index in [0.29, 0.717) is 0 Å². The van der Waals surface area contributed by atoms with Crippen molar-refractivity contribution in [2.45, 2.75) is 0 Å². The Balaban J connectivity index is 1.90. The number of furan rings is 1. The van der Waals surface area contributed by atoms with E-state index >= 15 is 0 Å². The lowest BCUT2D eigenvalue weighted by molar-refractivity contribution is 0.539. The third-order valence-corrected chi connectivity index (χ3v) is 3.30. The molecule has 0 saturated carbocycles. The van der Waals surface area contributed by atoms with E-state index in [-0.39, 0.29) is 0 Å². The Kier molecular flexibility index (Phi) is 2.39. The summed E-state index contributed by atoms with van der Waals surface area (Å²) in [5.41, 5.74) is 3.13. The van der Waals surface area contributed by atoms with E-state index in [4.69, 9.17) is 4.42 Å². The zero-order chi connectivity index (χ0) is 13.4. The Morgan fingerprint density at radius 3 is 2.95 bits per heavy atom. The van der Waals surface area contributed by atoms with Crippen molar-refractivity contribution in [1.82, 2.24) is 14.5 Å². The number of hydrogen-bond donors (Lipinski definition) is 0. The molecule has 0 aliphatic heterocycles. The van der Waals surface area contributed by atoms with Crippen LogP contribution in [0.2, 0.25) is 0 Å². The minimum Gasteiger partial charge on any atom is -0.447 e. The van der Waals surface area contributed by atoms with Crippen molar-refractivity contribution in [3.8, 4) is 17.0 Å². The summed E-state index contributed by atoms with van der Waals surface area (Å²) in [5.74, 6) is 0.769. The fraction of sp³-hybridized carbons (Fsp3) is 0. The molecule has 0 unspecified atom stereocenters. The van der Waals surface area contributed by atoms with Crippen LogP contribution in [0, 0.1) is 0 Å². The molecule has 4 heteroatoms. The second-order valence-electron chi connectivity index (χ2n) is 4.52. The van der Waals surface area contributed by atoms with E-state index in [1.54, 1.807) is 25.0 Å². The molecule has 0 atom stereocenters. The molecule has 4 aromatic rings. The van der Waals surface area contributed by atoms with Gasteiger partial charge in [0, 0.05) is 29.5 Å². The zero-order valence-corrected chi connectivity index (χ0v) is 10.6. The third kappa shape index (κ3) is 1.70. The average Bonchev–Trinajstić information content (AvgIpc) is 3.17. The standard InChI is InChI=1S/C16H11N3O/c1-2-13-10-12(3-4-15(13)18-6-1)14-5-9-20-16(14)19-8-7-17-11-19/h1-11H. The summed E-state index contributed by atoms with van der Waals surface area (Å²) in [5, 5.41) is 1.11. The van der Waals surface area contributed by atoms with Crippen molar-refractivity contribution >= 4 is 10.9 Å². The normalized spacial score (nSPS) is 11.0. The molecule has 0 spiro atoms. The number of rotatable bonds is 2. The Hall–Kier alpha value is -2.88. The van der Waals surface area contributed by atoms with Crippen LogP contribution in [-0.2, 0) is 0 Å². The van der Waals surface area contributed by atoms with Crippen LogP contribution < -0.4 is 0 Å². The molecule has 0 saturated heterocycles. The Labute approximate surface area is 115 Å². The molecule has 0 aliphatic carbocycles. The predicted octanol–water partition coefficient (Wildman–Crippen LogP) is 3.68. The molecule has 96 valence electrons. The monoisotopic (exact) mass is 261 g/mol. The Morgan fingerprint density at radius 2 is 2.05 bits per heavy atom. The van der Waals surface area contributed by atoms with Gasteiger partial charge < -0.3 is 4.42 Å². The van der Waals surface area contributed by atoms with Gasteiger partial charge >= 0.3 is 0 Å². The highest BCUT2D eigenvalue weighted by molar-refractivity contribution is 5.85. The van der Waals surface area contributed by atoms with Crippen molar-refractivity contribution in [2.75, 3.05) is 0 Å². The summed E-state index contributed by atoms with van der Waals surface area (Å²) >= 11 is 0. The summed E-state index contributed by atoms with van der Waals surface area (Å²) in [6, 6.07) is 12.2. The minimum absolute atomic E-state index is 0.769. The van der Waals surface area contributed by atoms with E-state index in [2.05, 4.69) is 28.2 Å². The topological polar surface area (TPSA) is 43.9 Å². The number of aromatic nitrogens is 3. The number of hydrogen-bond acceptors (Lipinski definition) is 3. The van der Waals surface area contributed by atoms with Gasteiger partial charge in [-0.25, -0.2) is 4.98 Å². The van der Waals surface area contributed by atoms with Crippen molar-refractivity contribution in [3.63, 3.8) is 0 Å². The molecule has 0 N–H and O–H groups in total. The number of nitrogens with zero attached hydrogens (tertiary/aromatic N) is 3. The molecule has 4 nitrogen and oxygen atoms in total. The number of benzene rings is 1. The molecule has 1 aromatic carbocycles. The molecule has 4 rings (SSSR count). The average molecular weight is 261 g/mol. The van der Waals surface area contributed by atoms with Gasteiger partial charge in [-0.2, -0.15) is 0 Å². The molecule has 0 radical (unpaired) electrons. The van der Waals surface area contributed by atoms with Crippen LogP contribution in [0.1, 0.15) is 0 Å². The van der Waals surface area contributed by atoms with Crippen molar-refractivity contribution in [1.29, 1.82) is 0 Å². The van der Waals surface area contributed by atoms with E-state index in [0.717, 1.165) is 27.9 Å². The fourth-order valence-electron chi connectivity index (χ4n) is 2.34. The predicted molar refractivity (Wildman–Crippen MR) is 76.6 cm³/mol. The fourth-order valence-corrected chi connectivity index (χ4v) is 2.34. The first-order valence-electron chi connectivity index (χ1n) is 6.33. The van der Waals surface area contributed by atoms with Crippen molar-refractivity contribution in [2.24, 2.45) is 0 Å². The quantitative estimate of drug-likeness (QED) is 0.553. The molecule has 0 bridgehead atoms. The van der Waals surface area contributed by atoms with E-state index in [9.17, 15) is 0 Å². The lowest BCUT2D eigenvalue weighted by Crippen LogP contribution is -1.90. The summed E-state index contributed by atoms with van der Waals surface area (Å²) in [4.78, 5) is 8.39. The van der Waals surface area contributed by atoms with Gasteiger partial charge in [0.05, 0.1) is 11.8 Å². The highest BCUT2D eigenvalue weighted by Gasteiger charge is 2.10. The minimum atomic E-state index is 0.769. The SMILES string of the molecule is c1cnc2ccc(-c3ccoc3-n3ccnc3)cc2c1. The molecular formula is C16H11N3O. The summed E-state index contributed by atoms with van der Waals surface area (Å²) in [7, 11) is 0. The lowest BCUT2D eigenvalue weighted by Gasteiger charge is -2.04. The maximum Gasteiger partial charge on any atom is 0.212 e. The smallest absolute Gasteiger partial charge is 0.212 e. The van der Waals surface area contributed by atoms with Crippen LogP contribution in [-0.4, -0.2) is 14.5 Å². The van der Waals surface area contributed by atoms with Crippen LogP contribution in [0.25, 0.3) is 27.9 Å². The first kappa shape index (κ1) is 11.0. The van der Waals surface area contributed by atoms with Gasteiger partial charge in [0.15, 0.2) is 0 Å². The van der Waals surface area contributed by atoms with Crippen LogP contribution in [0.3, 0.4) is 0 Å². The van der Waals surface area contributed by atoms with Gasteiger partial charge in [-0.05, 0) is 29.8 Å². The second kappa shape index (κ2) is 4.35. The second-order valence-corrected chi connectivity index (χ2v) is 4.52. The van der Waals surface area contributed by atoms with Crippen LogP contribution in [0.15, 0.2) is 72.0 Å². The first-order chi connectivity index (χ1) is 9.92. The molecule has 3 heterocycles. The highest BCUT2D eigenvalue weighted by atomic mass is 16.3. The molecule has 0 fully saturated rings. The van der Waals surface area contributed by atoms with Crippen LogP contribution >= 0.6 is 0 Å². The molecule has 0 amide bonds. The Morgan fingerprint density at radius 1 is 1.05 bits per heavy atom. The van der Waals surface area contributed by atoms with E-state index in [1.807, 2.05) is 29.0 Å². The van der Waals surface area contributed by atoms with Crippen LogP contribution in [0.4, 0.5) is 0 Å². The molecule has 3 aromatic heterocycles. The number of pyridine rings is 1. The zero-order valence-electron chi connectivity index (χ0n) is 10.6. The van der Waals surface area contributed by atoms with Gasteiger partial charge in [0.25, 0.3) is 0 Å². The van der Waals surface area contributed by atoms with Crippen molar-refractivity contribution in [3.05, 3.63) is 67.6 Å². The highest BCUT2D eigenvalue weighted by Crippen LogP contribution is 2.29. The summed E-state index contributed by atoms with van der Waals surface area (Å²) in [6.07, 6.45) is 8.82. The molecule has 0 aliphatic rings. The van der Waals surface area contributed by atoms with Gasteiger partial charge in [0.1, 0.15) is 6.33 Å². The largest absolute Gasteiger partial charge is 0.447 e. The lowest BCUT2D eigenvalue weighted by atomic mass is 10.1.